The van der Waals surface area contributed by atoms with Crippen LogP contribution in [0.4, 0.5) is 5.13 Å². The second-order valence-electron chi connectivity index (χ2n) is 8.54. The van der Waals surface area contributed by atoms with E-state index in [0.29, 0.717) is 6.54 Å². The maximum atomic E-state index is 12.1. The van der Waals surface area contributed by atoms with Crippen LogP contribution in [0.2, 0.25) is 0 Å². The molecule has 1 aliphatic rings. The van der Waals surface area contributed by atoms with E-state index < -0.39 is 0 Å². The smallest absolute Gasteiger partial charge is 0.266 e. The van der Waals surface area contributed by atoms with Crippen molar-refractivity contribution in [2.45, 2.75) is 39.3 Å². The summed E-state index contributed by atoms with van der Waals surface area (Å²) in [6.45, 7) is 12.5. The highest BCUT2D eigenvalue weighted by Crippen LogP contribution is 2.18. The third-order valence-corrected chi connectivity index (χ3v) is 5.85. The zero-order valence-electron chi connectivity index (χ0n) is 17.6. The molecule has 1 aliphatic heterocycles. The molecule has 0 N–H and O–H groups in total. The molecule has 2 aromatic heterocycles. The van der Waals surface area contributed by atoms with Gasteiger partial charge in [0.1, 0.15) is 0 Å². The summed E-state index contributed by atoms with van der Waals surface area (Å²) >= 11 is 1.45. The summed E-state index contributed by atoms with van der Waals surface area (Å²) in [6.07, 6.45) is 0. The van der Waals surface area contributed by atoms with Crippen LogP contribution in [0.15, 0.2) is 16.9 Å². The topological polar surface area (TPSA) is 70.4 Å². The molecule has 0 radical (unpaired) electrons. The predicted molar refractivity (Wildman–Crippen MR) is 113 cm³/mol. The highest BCUT2D eigenvalue weighted by molar-refractivity contribution is 7.09. The van der Waals surface area contributed by atoms with Gasteiger partial charge >= 0.3 is 0 Å². The Hall–Kier alpha value is -1.84. The van der Waals surface area contributed by atoms with Gasteiger partial charge < -0.3 is 4.90 Å². The summed E-state index contributed by atoms with van der Waals surface area (Å²) < 4.78 is 6.06. The van der Waals surface area contributed by atoms with Crippen LogP contribution in [0.5, 0.6) is 0 Å². The van der Waals surface area contributed by atoms with Gasteiger partial charge in [0.05, 0.1) is 18.8 Å². The van der Waals surface area contributed by atoms with Crippen molar-refractivity contribution in [2.24, 2.45) is 0 Å². The van der Waals surface area contributed by atoms with Crippen molar-refractivity contribution in [3.8, 4) is 0 Å². The molecular formula is C19H31N7OS. The van der Waals surface area contributed by atoms with Gasteiger partial charge in [0.2, 0.25) is 5.13 Å². The Kier molecular flexibility index (Phi) is 6.47. The molecule has 3 rings (SSSR count). The molecule has 28 heavy (non-hydrogen) atoms. The van der Waals surface area contributed by atoms with Gasteiger partial charge in [-0.2, -0.15) is 9.47 Å². The molecular weight excluding hydrogens is 374 g/mol. The van der Waals surface area contributed by atoms with E-state index in [2.05, 4.69) is 45.0 Å². The average Bonchev–Trinajstić information content (AvgIpc) is 3.10. The number of aromatic nitrogens is 4. The van der Waals surface area contributed by atoms with Crippen molar-refractivity contribution in [3.63, 3.8) is 0 Å². The highest BCUT2D eigenvalue weighted by atomic mass is 32.1. The van der Waals surface area contributed by atoms with Crippen LogP contribution >= 0.6 is 11.5 Å². The Morgan fingerprint density at radius 2 is 1.75 bits per heavy atom. The fourth-order valence-electron chi connectivity index (χ4n) is 3.11. The SMILES string of the molecule is CN(C)c1nc(CN2CCN(CCn3nc(C(C)(C)C)ccc3=O)CC2)ns1. The highest BCUT2D eigenvalue weighted by Gasteiger charge is 2.20. The van der Waals surface area contributed by atoms with Crippen LogP contribution in [0, 0.1) is 0 Å². The maximum Gasteiger partial charge on any atom is 0.266 e. The van der Waals surface area contributed by atoms with Gasteiger partial charge in [-0.05, 0) is 6.07 Å². The van der Waals surface area contributed by atoms with E-state index in [1.165, 1.54) is 11.5 Å². The van der Waals surface area contributed by atoms with Gasteiger partial charge in [-0.25, -0.2) is 9.67 Å². The van der Waals surface area contributed by atoms with Gasteiger partial charge in [-0.3, -0.25) is 14.6 Å². The van der Waals surface area contributed by atoms with Gasteiger partial charge in [-0.1, -0.05) is 20.8 Å². The zero-order chi connectivity index (χ0) is 20.3. The molecule has 2 aromatic rings. The van der Waals surface area contributed by atoms with Crippen molar-refractivity contribution in [2.75, 3.05) is 51.7 Å². The largest absolute Gasteiger partial charge is 0.353 e. The van der Waals surface area contributed by atoms with E-state index in [4.69, 9.17) is 0 Å². The van der Waals surface area contributed by atoms with E-state index in [9.17, 15) is 4.79 Å². The number of anilines is 1. The third-order valence-electron chi connectivity index (χ3n) is 4.93. The fourth-order valence-corrected chi connectivity index (χ4v) is 3.70. The minimum absolute atomic E-state index is 0.0297. The molecule has 0 atom stereocenters. The number of rotatable bonds is 6. The monoisotopic (exact) mass is 405 g/mol. The quantitative estimate of drug-likeness (QED) is 0.717. The fraction of sp³-hybridized carbons (Fsp3) is 0.684. The van der Waals surface area contributed by atoms with Gasteiger partial charge in [-0.15, -0.1) is 0 Å². The average molecular weight is 406 g/mol. The maximum absolute atomic E-state index is 12.1. The van der Waals surface area contributed by atoms with Crippen molar-refractivity contribution < 1.29 is 0 Å². The number of nitrogens with zero attached hydrogens (tertiary/aromatic N) is 7. The normalized spacial score (nSPS) is 16.5. The predicted octanol–water partition coefficient (Wildman–Crippen LogP) is 1.28. The first kappa shape index (κ1) is 20.9. The van der Waals surface area contributed by atoms with Crippen LogP contribution in [-0.2, 0) is 18.5 Å². The van der Waals surface area contributed by atoms with E-state index in [1.807, 2.05) is 25.1 Å². The van der Waals surface area contributed by atoms with Crippen LogP contribution in [0.25, 0.3) is 0 Å². The first-order valence-corrected chi connectivity index (χ1v) is 10.5. The molecule has 0 unspecified atom stereocenters. The second kappa shape index (κ2) is 8.67. The third kappa shape index (κ3) is 5.36. The summed E-state index contributed by atoms with van der Waals surface area (Å²) in [6, 6.07) is 3.47. The van der Waals surface area contributed by atoms with E-state index >= 15 is 0 Å². The Bertz CT molecular complexity index is 831. The molecule has 0 saturated carbocycles. The zero-order valence-corrected chi connectivity index (χ0v) is 18.4. The van der Waals surface area contributed by atoms with Crippen molar-refractivity contribution in [1.29, 1.82) is 0 Å². The molecule has 1 fully saturated rings. The van der Waals surface area contributed by atoms with E-state index in [1.54, 1.807) is 10.7 Å². The van der Waals surface area contributed by atoms with Crippen LogP contribution in [-0.4, -0.2) is 75.8 Å². The molecule has 1 saturated heterocycles. The lowest BCUT2D eigenvalue weighted by molar-refractivity contribution is 0.121. The van der Waals surface area contributed by atoms with Crippen LogP contribution < -0.4 is 10.5 Å². The van der Waals surface area contributed by atoms with Crippen molar-refractivity contribution in [3.05, 3.63) is 34.0 Å². The first-order valence-electron chi connectivity index (χ1n) is 9.75. The first-order chi connectivity index (χ1) is 13.2. The summed E-state index contributed by atoms with van der Waals surface area (Å²) in [5.41, 5.74) is 0.861. The van der Waals surface area contributed by atoms with Gasteiger partial charge in [0.25, 0.3) is 5.56 Å². The van der Waals surface area contributed by atoms with Crippen LogP contribution in [0.1, 0.15) is 32.3 Å². The van der Waals surface area contributed by atoms with E-state index in [0.717, 1.165) is 55.9 Å². The summed E-state index contributed by atoms with van der Waals surface area (Å²) in [5.74, 6) is 0.900. The van der Waals surface area contributed by atoms with Crippen molar-refractivity contribution in [1.82, 2.24) is 28.9 Å². The second-order valence-corrected chi connectivity index (χ2v) is 9.27. The van der Waals surface area contributed by atoms with Crippen LogP contribution in [0.3, 0.4) is 0 Å². The molecule has 154 valence electrons. The molecule has 0 bridgehead atoms. The Labute approximate surface area is 171 Å². The van der Waals surface area contributed by atoms with Gasteiger partial charge in [0.15, 0.2) is 5.82 Å². The Morgan fingerprint density at radius 3 is 2.36 bits per heavy atom. The minimum atomic E-state index is -0.0583. The van der Waals surface area contributed by atoms with Gasteiger partial charge in [0, 0.05) is 69.8 Å². The lowest BCUT2D eigenvalue weighted by Crippen LogP contribution is -2.47. The number of hydrogen-bond acceptors (Lipinski definition) is 8. The summed E-state index contributed by atoms with van der Waals surface area (Å²) in [4.78, 5) is 23.5. The number of piperazine rings is 1. The lowest BCUT2D eigenvalue weighted by Gasteiger charge is -2.34. The van der Waals surface area contributed by atoms with Crippen molar-refractivity contribution >= 4 is 16.7 Å². The molecule has 3 heterocycles. The number of hydrogen-bond donors (Lipinski definition) is 0. The Morgan fingerprint density at radius 1 is 1.07 bits per heavy atom. The summed E-state index contributed by atoms with van der Waals surface area (Å²) in [7, 11) is 3.97. The molecule has 0 aromatic carbocycles. The molecule has 0 aliphatic carbocycles. The Balaban J connectivity index is 1.49. The summed E-state index contributed by atoms with van der Waals surface area (Å²) in [5, 5.41) is 5.51. The standard InChI is InChI=1S/C19H31N7OS/c1-19(2,3)15-6-7-17(27)26(21-15)13-12-24-8-10-25(11-9-24)14-16-20-18(23(4)5)28-22-16/h6-7H,8-14H2,1-5H3. The van der Waals surface area contributed by atoms with E-state index in [-0.39, 0.29) is 11.0 Å². The molecule has 8 nitrogen and oxygen atoms in total. The minimum Gasteiger partial charge on any atom is -0.353 e. The molecule has 0 amide bonds. The lowest BCUT2D eigenvalue weighted by atomic mass is 9.92. The molecule has 0 spiro atoms. The molecule has 9 heteroatoms.